The molecule has 1 N–H and O–H groups in total. The fourth-order valence-electron chi connectivity index (χ4n) is 2.01. The summed E-state index contributed by atoms with van der Waals surface area (Å²) in [6, 6.07) is 2.63. The predicted octanol–water partition coefficient (Wildman–Crippen LogP) is 1.93. The molecule has 1 aliphatic heterocycles. The number of sulfone groups is 1. The summed E-state index contributed by atoms with van der Waals surface area (Å²) >= 11 is 0. The molecule has 3 nitrogen and oxygen atoms in total. The first-order chi connectivity index (χ1) is 8.39. The van der Waals surface area contributed by atoms with E-state index in [1.54, 1.807) is 6.92 Å². The van der Waals surface area contributed by atoms with E-state index < -0.39 is 33.6 Å². The van der Waals surface area contributed by atoms with Crippen molar-refractivity contribution in [2.75, 3.05) is 5.75 Å². The Kier molecular flexibility index (Phi) is 3.49. The summed E-state index contributed by atoms with van der Waals surface area (Å²) in [5.74, 6) is -1.35. The molecule has 1 heterocycles. The molecule has 0 fully saturated rings. The van der Waals surface area contributed by atoms with E-state index in [-0.39, 0.29) is 11.3 Å². The number of halogens is 2. The molecule has 1 aromatic rings. The molecule has 18 heavy (non-hydrogen) atoms. The topological polar surface area (TPSA) is 46.2 Å². The Morgan fingerprint density at radius 2 is 1.94 bits per heavy atom. The van der Waals surface area contributed by atoms with Gasteiger partial charge >= 0.3 is 0 Å². The average Bonchev–Trinajstić information content (AvgIpc) is 2.57. The first kappa shape index (κ1) is 13.2. The summed E-state index contributed by atoms with van der Waals surface area (Å²) in [5, 5.41) is 4.01. The van der Waals surface area contributed by atoms with Crippen LogP contribution in [0.2, 0.25) is 0 Å². The van der Waals surface area contributed by atoms with Crippen LogP contribution in [0, 0.1) is 11.6 Å². The van der Waals surface area contributed by atoms with Crippen LogP contribution >= 0.6 is 0 Å². The maximum atomic E-state index is 13.5. The molecule has 0 saturated carbocycles. The third kappa shape index (κ3) is 2.76. The van der Waals surface area contributed by atoms with Crippen LogP contribution in [0.1, 0.15) is 18.5 Å². The van der Waals surface area contributed by atoms with Gasteiger partial charge in [-0.15, -0.1) is 0 Å². The molecule has 1 aromatic carbocycles. The van der Waals surface area contributed by atoms with Gasteiger partial charge in [0.2, 0.25) is 0 Å². The van der Waals surface area contributed by atoms with Crippen molar-refractivity contribution in [1.82, 2.24) is 5.32 Å². The van der Waals surface area contributed by atoms with Gasteiger partial charge in [-0.2, -0.15) is 0 Å². The van der Waals surface area contributed by atoms with Gasteiger partial charge in [-0.3, -0.25) is 0 Å². The van der Waals surface area contributed by atoms with Crippen molar-refractivity contribution in [2.24, 2.45) is 0 Å². The third-order valence-corrected chi connectivity index (χ3v) is 4.22. The van der Waals surface area contributed by atoms with Crippen molar-refractivity contribution < 1.29 is 17.2 Å². The van der Waals surface area contributed by atoms with Crippen LogP contribution < -0.4 is 5.32 Å². The second-order valence-corrected chi connectivity index (χ2v) is 6.22. The Bertz CT molecular complexity index is 563. The van der Waals surface area contributed by atoms with E-state index in [1.165, 1.54) is 24.3 Å². The van der Waals surface area contributed by atoms with Gasteiger partial charge < -0.3 is 5.32 Å². The number of nitrogens with one attached hydrogen (secondary N) is 1. The highest BCUT2D eigenvalue weighted by molar-refractivity contribution is 7.94. The van der Waals surface area contributed by atoms with Crippen LogP contribution in [-0.4, -0.2) is 20.2 Å². The van der Waals surface area contributed by atoms with Crippen molar-refractivity contribution in [3.8, 4) is 0 Å². The first-order valence-corrected chi connectivity index (χ1v) is 7.21. The van der Waals surface area contributed by atoms with Crippen LogP contribution in [0.5, 0.6) is 0 Å². The molecule has 2 atom stereocenters. The lowest BCUT2D eigenvalue weighted by atomic mass is 10.1. The highest BCUT2D eigenvalue weighted by Gasteiger charge is 2.25. The molecule has 0 saturated heterocycles. The molecule has 0 aromatic heterocycles. The lowest BCUT2D eigenvalue weighted by Crippen LogP contribution is -2.33. The fourth-order valence-corrected chi connectivity index (χ4v) is 3.26. The Labute approximate surface area is 104 Å². The smallest absolute Gasteiger partial charge is 0.173 e. The van der Waals surface area contributed by atoms with Crippen molar-refractivity contribution in [2.45, 2.75) is 19.0 Å². The number of hydrogen-bond acceptors (Lipinski definition) is 3. The minimum Gasteiger partial charge on any atom is -0.303 e. The normalized spacial score (nSPS) is 23.2. The van der Waals surface area contributed by atoms with Crippen molar-refractivity contribution in [3.63, 3.8) is 0 Å². The van der Waals surface area contributed by atoms with Gasteiger partial charge in [0.25, 0.3) is 0 Å². The first-order valence-electron chi connectivity index (χ1n) is 5.50. The van der Waals surface area contributed by atoms with E-state index in [4.69, 9.17) is 0 Å². The predicted molar refractivity (Wildman–Crippen MR) is 64.6 cm³/mol. The van der Waals surface area contributed by atoms with E-state index in [2.05, 4.69) is 5.32 Å². The summed E-state index contributed by atoms with van der Waals surface area (Å²) in [4.78, 5) is 0. The van der Waals surface area contributed by atoms with Gasteiger partial charge in [0.1, 0.15) is 11.6 Å². The van der Waals surface area contributed by atoms with Crippen LogP contribution in [-0.2, 0) is 9.84 Å². The monoisotopic (exact) mass is 273 g/mol. The molecule has 2 rings (SSSR count). The van der Waals surface area contributed by atoms with E-state index in [1.807, 2.05) is 0 Å². The Hall–Kier alpha value is -1.27. The molecule has 1 aliphatic rings. The van der Waals surface area contributed by atoms with Gasteiger partial charge in [-0.25, -0.2) is 17.2 Å². The summed E-state index contributed by atoms with van der Waals surface area (Å²) in [5.41, 5.74) is -0.0739. The SMILES string of the molecule is CC(NC1C=CS(=O)(=O)C1)c1c(F)cccc1F. The van der Waals surface area contributed by atoms with Crippen LogP contribution in [0.4, 0.5) is 8.78 Å². The lowest BCUT2D eigenvalue weighted by Gasteiger charge is -2.19. The second kappa shape index (κ2) is 4.78. The van der Waals surface area contributed by atoms with Crippen LogP contribution in [0.25, 0.3) is 0 Å². The molecule has 2 unspecified atom stereocenters. The molecule has 0 amide bonds. The lowest BCUT2D eigenvalue weighted by molar-refractivity contribution is 0.473. The minimum absolute atomic E-state index is 0.0739. The van der Waals surface area contributed by atoms with E-state index >= 15 is 0 Å². The van der Waals surface area contributed by atoms with Gasteiger partial charge in [0.15, 0.2) is 9.84 Å². The summed E-state index contributed by atoms with van der Waals surface area (Å²) in [6.07, 6.45) is 1.49. The highest BCUT2D eigenvalue weighted by atomic mass is 32.2. The number of rotatable bonds is 3. The van der Waals surface area contributed by atoms with Gasteiger partial charge in [-0.1, -0.05) is 12.1 Å². The van der Waals surface area contributed by atoms with Crippen molar-refractivity contribution in [3.05, 3.63) is 46.9 Å². The summed E-state index contributed by atoms with van der Waals surface area (Å²) in [7, 11) is -3.17. The maximum absolute atomic E-state index is 13.5. The molecule has 0 aliphatic carbocycles. The Morgan fingerprint density at radius 3 is 2.44 bits per heavy atom. The standard InChI is InChI=1S/C12H13F2NO2S/c1-8(12-10(13)3-2-4-11(12)14)15-9-5-6-18(16,17)7-9/h2-6,8-9,15H,7H2,1H3. The van der Waals surface area contributed by atoms with Crippen molar-refractivity contribution >= 4 is 9.84 Å². The molecule has 0 spiro atoms. The zero-order valence-electron chi connectivity index (χ0n) is 9.73. The molecular formula is C12H13F2NO2S. The zero-order valence-corrected chi connectivity index (χ0v) is 10.5. The van der Waals surface area contributed by atoms with Gasteiger partial charge in [-0.05, 0) is 19.1 Å². The van der Waals surface area contributed by atoms with Gasteiger partial charge in [0.05, 0.1) is 5.75 Å². The van der Waals surface area contributed by atoms with E-state index in [0.29, 0.717) is 0 Å². The van der Waals surface area contributed by atoms with E-state index in [0.717, 1.165) is 5.41 Å². The molecule has 0 radical (unpaired) electrons. The molecule has 0 bridgehead atoms. The molecule has 98 valence electrons. The number of benzene rings is 1. The summed E-state index contributed by atoms with van der Waals surface area (Å²) < 4.78 is 49.5. The highest BCUT2D eigenvalue weighted by Crippen LogP contribution is 2.22. The summed E-state index contributed by atoms with van der Waals surface area (Å²) in [6.45, 7) is 1.60. The van der Waals surface area contributed by atoms with E-state index in [9.17, 15) is 17.2 Å². The maximum Gasteiger partial charge on any atom is 0.173 e. The third-order valence-electron chi connectivity index (χ3n) is 2.83. The fraction of sp³-hybridized carbons (Fsp3) is 0.333. The van der Waals surface area contributed by atoms with Crippen LogP contribution in [0.3, 0.4) is 0 Å². The Balaban J connectivity index is 2.14. The quantitative estimate of drug-likeness (QED) is 0.915. The molecule has 6 heteroatoms. The Morgan fingerprint density at radius 1 is 1.33 bits per heavy atom. The molecular weight excluding hydrogens is 260 g/mol. The minimum atomic E-state index is -3.17. The van der Waals surface area contributed by atoms with Crippen LogP contribution in [0.15, 0.2) is 29.7 Å². The van der Waals surface area contributed by atoms with Gasteiger partial charge in [0, 0.05) is 23.1 Å². The number of hydrogen-bond donors (Lipinski definition) is 1. The largest absolute Gasteiger partial charge is 0.303 e. The van der Waals surface area contributed by atoms with Crippen molar-refractivity contribution in [1.29, 1.82) is 0 Å². The zero-order chi connectivity index (χ0) is 13.3. The average molecular weight is 273 g/mol. The second-order valence-electron chi connectivity index (χ2n) is 4.29.